The quantitative estimate of drug-likeness (QED) is 0.597. The van der Waals surface area contributed by atoms with Gasteiger partial charge in [-0.1, -0.05) is 23.2 Å². The van der Waals surface area contributed by atoms with Gasteiger partial charge in [0.25, 0.3) is 0 Å². The van der Waals surface area contributed by atoms with Gasteiger partial charge in [0.15, 0.2) is 0 Å². The number of carboxylic acids is 1. The molecule has 1 aromatic carbocycles. The van der Waals surface area contributed by atoms with Gasteiger partial charge in [-0.25, -0.2) is 0 Å². The molecule has 0 aromatic heterocycles. The standard InChI is InChI=1S/C8H6Cl2O3.K/c9-5-1-2-7(6(10)3-5)13-4-8(11)12;/h1-3H,4H2,(H,11,12);/q;+1/p-1. The second-order valence-electron chi connectivity index (χ2n) is 2.24. The van der Waals surface area contributed by atoms with Crippen molar-refractivity contribution >= 4 is 29.2 Å². The molecule has 0 aliphatic carbocycles. The second-order valence-corrected chi connectivity index (χ2v) is 3.08. The van der Waals surface area contributed by atoms with Gasteiger partial charge in [-0.15, -0.1) is 0 Å². The topological polar surface area (TPSA) is 49.4 Å². The summed E-state index contributed by atoms with van der Waals surface area (Å²) in [6.45, 7) is -0.526. The van der Waals surface area contributed by atoms with E-state index < -0.39 is 12.6 Å². The molecule has 14 heavy (non-hydrogen) atoms. The molecule has 0 saturated carbocycles. The molecule has 3 nitrogen and oxygen atoms in total. The molecular weight excluding hydrogens is 254 g/mol. The van der Waals surface area contributed by atoms with Gasteiger partial charge in [0.2, 0.25) is 0 Å². The van der Waals surface area contributed by atoms with Gasteiger partial charge in [0.1, 0.15) is 12.4 Å². The van der Waals surface area contributed by atoms with E-state index in [1.165, 1.54) is 12.1 Å². The second kappa shape index (κ2) is 7.06. The van der Waals surface area contributed by atoms with Crippen molar-refractivity contribution in [3.8, 4) is 5.75 Å². The van der Waals surface area contributed by atoms with E-state index in [9.17, 15) is 9.90 Å². The number of rotatable bonds is 3. The maximum Gasteiger partial charge on any atom is 1.00 e. The number of aliphatic carboxylic acids is 1. The van der Waals surface area contributed by atoms with Crippen LogP contribution in [-0.2, 0) is 4.79 Å². The van der Waals surface area contributed by atoms with E-state index in [1.54, 1.807) is 6.07 Å². The summed E-state index contributed by atoms with van der Waals surface area (Å²) in [7, 11) is 0. The van der Waals surface area contributed by atoms with Crippen LogP contribution < -0.4 is 61.2 Å². The number of carbonyl (C=O) groups is 1. The zero-order valence-electron chi connectivity index (χ0n) is 7.42. The number of hydrogen-bond acceptors (Lipinski definition) is 3. The largest absolute Gasteiger partial charge is 1.00 e. The van der Waals surface area contributed by atoms with Crippen molar-refractivity contribution in [2.24, 2.45) is 0 Å². The predicted octanol–water partition coefficient (Wildman–Crippen LogP) is -1.87. The maximum atomic E-state index is 10.0. The van der Waals surface area contributed by atoms with Crippen LogP contribution in [0.1, 0.15) is 0 Å². The SMILES string of the molecule is O=C([O-])COc1ccc(Cl)cc1Cl.[K+]. The minimum absolute atomic E-state index is 0. The third-order valence-electron chi connectivity index (χ3n) is 1.24. The van der Waals surface area contributed by atoms with E-state index in [0.29, 0.717) is 5.02 Å². The van der Waals surface area contributed by atoms with Crippen molar-refractivity contribution in [1.29, 1.82) is 0 Å². The molecule has 1 rings (SSSR count). The van der Waals surface area contributed by atoms with Crippen molar-refractivity contribution < 1.29 is 66.0 Å². The van der Waals surface area contributed by atoms with Gasteiger partial charge in [-0.2, -0.15) is 0 Å². The number of benzene rings is 1. The molecule has 0 atom stereocenters. The molecule has 0 radical (unpaired) electrons. The minimum atomic E-state index is -1.30. The van der Waals surface area contributed by atoms with Crippen molar-refractivity contribution in [2.75, 3.05) is 6.61 Å². The van der Waals surface area contributed by atoms with Gasteiger partial charge in [-0.05, 0) is 18.2 Å². The number of carboxylic acid groups (broad SMARTS) is 1. The van der Waals surface area contributed by atoms with Crippen LogP contribution in [0.4, 0.5) is 0 Å². The normalized spacial score (nSPS) is 9.00. The van der Waals surface area contributed by atoms with Gasteiger partial charge in [0.05, 0.1) is 11.0 Å². The number of carbonyl (C=O) groups excluding carboxylic acids is 1. The van der Waals surface area contributed by atoms with Gasteiger partial charge in [0, 0.05) is 5.02 Å². The van der Waals surface area contributed by atoms with Gasteiger partial charge < -0.3 is 14.6 Å². The van der Waals surface area contributed by atoms with Crippen LogP contribution in [0.5, 0.6) is 5.75 Å². The van der Waals surface area contributed by atoms with Crippen molar-refractivity contribution in [2.45, 2.75) is 0 Å². The summed E-state index contributed by atoms with van der Waals surface area (Å²) in [6, 6.07) is 4.51. The Kier molecular flexibility index (Phi) is 7.41. The average Bonchev–Trinajstić information content (AvgIpc) is 2.02. The summed E-state index contributed by atoms with van der Waals surface area (Å²) in [4.78, 5) is 10.0. The molecule has 70 valence electrons. The Bertz CT molecular complexity index is 330. The molecule has 0 saturated heterocycles. The fourth-order valence-corrected chi connectivity index (χ4v) is 1.19. The van der Waals surface area contributed by atoms with Crippen LogP contribution in [0.25, 0.3) is 0 Å². The van der Waals surface area contributed by atoms with Crippen LogP contribution in [0, 0.1) is 0 Å². The first kappa shape index (κ1) is 14.7. The maximum absolute atomic E-state index is 10.0. The number of hydrogen-bond donors (Lipinski definition) is 0. The zero-order chi connectivity index (χ0) is 9.84. The van der Waals surface area contributed by atoms with Crippen LogP contribution in [0.3, 0.4) is 0 Å². The summed E-state index contributed by atoms with van der Waals surface area (Å²) >= 11 is 11.3. The molecule has 0 amide bonds. The Labute approximate surface area is 134 Å². The van der Waals surface area contributed by atoms with Crippen LogP contribution in [-0.4, -0.2) is 12.6 Å². The van der Waals surface area contributed by atoms with Crippen molar-refractivity contribution in [3.63, 3.8) is 0 Å². The monoisotopic (exact) mass is 258 g/mol. The summed E-state index contributed by atoms with van der Waals surface area (Å²) in [5, 5.41) is 10.8. The first-order chi connectivity index (χ1) is 6.09. The molecule has 0 heterocycles. The first-order valence-corrected chi connectivity index (χ1v) is 4.13. The molecular formula is C8H5Cl2KO3. The van der Waals surface area contributed by atoms with E-state index in [-0.39, 0.29) is 62.2 Å². The van der Waals surface area contributed by atoms with Crippen LogP contribution >= 0.6 is 23.2 Å². The summed E-state index contributed by atoms with van der Waals surface area (Å²) in [5.74, 6) is -1.03. The first-order valence-electron chi connectivity index (χ1n) is 3.37. The molecule has 1 aromatic rings. The van der Waals surface area contributed by atoms with Crippen LogP contribution in [0.2, 0.25) is 10.0 Å². The van der Waals surface area contributed by atoms with Crippen molar-refractivity contribution in [3.05, 3.63) is 28.2 Å². The van der Waals surface area contributed by atoms with Gasteiger partial charge >= 0.3 is 51.4 Å². The van der Waals surface area contributed by atoms with Crippen molar-refractivity contribution in [1.82, 2.24) is 0 Å². The van der Waals surface area contributed by atoms with E-state index in [4.69, 9.17) is 27.9 Å². The van der Waals surface area contributed by atoms with Gasteiger partial charge in [-0.3, -0.25) is 0 Å². The Morgan fingerprint density at radius 3 is 2.57 bits per heavy atom. The Hall–Kier alpha value is 0.706. The Balaban J connectivity index is 0.00000169. The van der Waals surface area contributed by atoms with E-state index >= 15 is 0 Å². The van der Waals surface area contributed by atoms with Crippen LogP contribution in [0.15, 0.2) is 18.2 Å². The third kappa shape index (κ3) is 4.98. The minimum Gasteiger partial charge on any atom is -0.546 e. The fourth-order valence-electron chi connectivity index (χ4n) is 0.729. The van der Waals surface area contributed by atoms with E-state index in [0.717, 1.165) is 0 Å². The molecule has 0 fully saturated rings. The fraction of sp³-hybridized carbons (Fsp3) is 0.125. The zero-order valence-corrected chi connectivity index (χ0v) is 12.1. The van der Waals surface area contributed by atoms with E-state index in [2.05, 4.69) is 0 Å². The Morgan fingerprint density at radius 2 is 2.07 bits per heavy atom. The summed E-state index contributed by atoms with van der Waals surface area (Å²) < 4.78 is 4.80. The number of ether oxygens (including phenoxy) is 1. The molecule has 6 heteroatoms. The molecule has 0 aliphatic rings. The summed E-state index contributed by atoms with van der Waals surface area (Å²) in [5.41, 5.74) is 0. The Morgan fingerprint density at radius 1 is 1.43 bits per heavy atom. The predicted molar refractivity (Wildman–Crippen MR) is 47.0 cm³/mol. The smallest absolute Gasteiger partial charge is 0.546 e. The molecule has 0 unspecified atom stereocenters. The molecule has 0 bridgehead atoms. The summed E-state index contributed by atoms with van der Waals surface area (Å²) in [6.07, 6.45) is 0. The number of halogens is 2. The molecule has 0 N–H and O–H groups in total. The molecule has 0 spiro atoms. The van der Waals surface area contributed by atoms with E-state index in [1.807, 2.05) is 0 Å². The average molecular weight is 259 g/mol. The molecule has 0 aliphatic heterocycles. The third-order valence-corrected chi connectivity index (χ3v) is 1.77.